The minimum absolute atomic E-state index is 0.0312. The second-order valence-corrected chi connectivity index (χ2v) is 6.94. The van der Waals surface area contributed by atoms with Crippen LogP contribution in [0.25, 0.3) is 0 Å². The molecule has 0 heterocycles. The summed E-state index contributed by atoms with van der Waals surface area (Å²) in [5.74, 6) is 1.21. The Morgan fingerprint density at radius 2 is 1.96 bits per heavy atom. The van der Waals surface area contributed by atoms with E-state index in [0.717, 1.165) is 18.0 Å². The fraction of sp³-hybridized carbons (Fsp3) is 0.625. The Morgan fingerprint density at radius 1 is 1.26 bits per heavy atom. The number of nitrogens with one attached hydrogen (secondary N) is 1. The number of methoxy groups -OCH3 is 2. The van der Waals surface area contributed by atoms with Crippen LogP contribution >= 0.6 is 11.8 Å². The lowest BCUT2D eigenvalue weighted by Crippen LogP contribution is -2.29. The molecule has 1 aromatic carbocycles. The summed E-state index contributed by atoms with van der Waals surface area (Å²) in [6.45, 7) is 3.01. The van der Waals surface area contributed by atoms with Crippen LogP contribution in [0.4, 0.5) is 13.2 Å². The highest BCUT2D eigenvalue weighted by Crippen LogP contribution is 2.45. The van der Waals surface area contributed by atoms with Crippen LogP contribution in [-0.4, -0.2) is 32.3 Å². The molecule has 1 unspecified atom stereocenters. The lowest BCUT2D eigenvalue weighted by atomic mass is 10.1. The summed E-state index contributed by atoms with van der Waals surface area (Å²) in [5.41, 5.74) is -3.57. The van der Waals surface area contributed by atoms with Gasteiger partial charge in [0.25, 0.3) is 0 Å². The molecule has 0 bridgehead atoms. The molecule has 1 saturated carbocycles. The maximum atomic E-state index is 12.8. The van der Waals surface area contributed by atoms with Crippen LogP contribution in [-0.2, 0) is 6.42 Å². The first kappa shape index (κ1) is 18.3. The maximum absolute atomic E-state index is 12.8. The molecule has 1 aliphatic carbocycles. The summed E-state index contributed by atoms with van der Waals surface area (Å²) in [4.78, 5) is 0.0312. The van der Waals surface area contributed by atoms with Gasteiger partial charge in [-0.3, -0.25) is 0 Å². The van der Waals surface area contributed by atoms with Gasteiger partial charge < -0.3 is 14.8 Å². The smallest absolute Gasteiger partial charge is 0.446 e. The van der Waals surface area contributed by atoms with Gasteiger partial charge in [-0.1, -0.05) is 0 Å². The molecule has 0 spiro atoms. The zero-order valence-electron chi connectivity index (χ0n) is 13.5. The van der Waals surface area contributed by atoms with E-state index in [1.54, 1.807) is 6.07 Å². The average Bonchev–Trinajstić information content (AvgIpc) is 3.27. The summed E-state index contributed by atoms with van der Waals surface area (Å²) >= 11 is -0.174. The third kappa shape index (κ3) is 5.80. The molecule has 0 saturated heterocycles. The van der Waals surface area contributed by atoms with Crippen LogP contribution in [0.5, 0.6) is 11.5 Å². The SMILES string of the molecule is COc1cc(CC(C)NCC2CC2)cc(SC(F)(F)F)c1OC. The number of hydrogen-bond acceptors (Lipinski definition) is 4. The quantitative estimate of drug-likeness (QED) is 0.711. The number of alkyl halides is 3. The highest BCUT2D eigenvalue weighted by molar-refractivity contribution is 8.00. The number of thioether (sulfide) groups is 1. The van der Waals surface area contributed by atoms with Gasteiger partial charge >= 0.3 is 5.51 Å². The summed E-state index contributed by atoms with van der Waals surface area (Å²) in [6, 6.07) is 3.47. The van der Waals surface area contributed by atoms with Crippen LogP contribution < -0.4 is 14.8 Å². The van der Waals surface area contributed by atoms with Crippen LogP contribution in [0.2, 0.25) is 0 Å². The molecule has 130 valence electrons. The van der Waals surface area contributed by atoms with Crippen molar-refractivity contribution in [1.29, 1.82) is 0 Å². The number of hydrogen-bond donors (Lipinski definition) is 1. The van der Waals surface area contributed by atoms with Crippen LogP contribution in [0, 0.1) is 5.92 Å². The lowest BCUT2D eigenvalue weighted by Gasteiger charge is -2.18. The predicted molar refractivity (Wildman–Crippen MR) is 85.4 cm³/mol. The number of benzene rings is 1. The summed E-state index contributed by atoms with van der Waals surface area (Å²) in [7, 11) is 2.77. The van der Waals surface area contributed by atoms with E-state index < -0.39 is 5.51 Å². The van der Waals surface area contributed by atoms with Gasteiger partial charge in [0.05, 0.1) is 19.1 Å². The van der Waals surface area contributed by atoms with Crippen molar-refractivity contribution in [2.45, 2.75) is 42.6 Å². The largest absolute Gasteiger partial charge is 0.493 e. The van der Waals surface area contributed by atoms with E-state index in [1.165, 1.54) is 33.1 Å². The van der Waals surface area contributed by atoms with Gasteiger partial charge in [0.2, 0.25) is 0 Å². The highest BCUT2D eigenvalue weighted by atomic mass is 32.2. The summed E-state index contributed by atoms with van der Waals surface area (Å²) in [6.07, 6.45) is 3.17. The fourth-order valence-corrected chi connectivity index (χ4v) is 3.15. The van der Waals surface area contributed by atoms with Crippen LogP contribution in [0.1, 0.15) is 25.3 Å². The van der Waals surface area contributed by atoms with E-state index in [-0.39, 0.29) is 28.4 Å². The van der Waals surface area contributed by atoms with Gasteiger partial charge in [-0.25, -0.2) is 0 Å². The number of halogens is 3. The van der Waals surface area contributed by atoms with E-state index in [0.29, 0.717) is 12.2 Å². The van der Waals surface area contributed by atoms with Gasteiger partial charge in [-0.2, -0.15) is 13.2 Å². The maximum Gasteiger partial charge on any atom is 0.446 e. The topological polar surface area (TPSA) is 30.5 Å². The monoisotopic (exact) mass is 349 g/mol. The third-order valence-corrected chi connectivity index (χ3v) is 4.48. The van der Waals surface area contributed by atoms with E-state index >= 15 is 0 Å². The molecule has 1 fully saturated rings. The molecule has 0 amide bonds. The van der Waals surface area contributed by atoms with Crippen molar-refractivity contribution in [3.63, 3.8) is 0 Å². The standard InChI is InChI=1S/C16H22F3NO2S/c1-10(20-9-11-4-5-11)6-12-7-13(21-2)15(22-3)14(8-12)23-16(17,18)19/h7-8,10-11,20H,4-6,9H2,1-3H3. The molecule has 3 nitrogen and oxygen atoms in total. The van der Waals surface area contributed by atoms with Gasteiger partial charge in [-0.15, -0.1) is 0 Å². The minimum atomic E-state index is -4.37. The van der Waals surface area contributed by atoms with Crippen molar-refractivity contribution in [1.82, 2.24) is 5.32 Å². The second kappa shape index (κ2) is 7.66. The molecular weight excluding hydrogens is 327 g/mol. The Balaban J connectivity index is 2.15. The van der Waals surface area contributed by atoms with E-state index in [1.807, 2.05) is 6.92 Å². The predicted octanol–water partition coefficient (Wildman–Crippen LogP) is 4.25. The Hall–Kier alpha value is -1.08. The van der Waals surface area contributed by atoms with Crippen molar-refractivity contribution in [2.24, 2.45) is 5.92 Å². The molecule has 0 aliphatic heterocycles. The first-order valence-corrected chi connectivity index (χ1v) is 8.38. The second-order valence-electron chi connectivity index (χ2n) is 5.83. The van der Waals surface area contributed by atoms with Gasteiger partial charge in [0.15, 0.2) is 11.5 Å². The van der Waals surface area contributed by atoms with E-state index in [2.05, 4.69) is 5.32 Å². The molecule has 1 atom stereocenters. The highest BCUT2D eigenvalue weighted by Gasteiger charge is 2.32. The molecule has 0 radical (unpaired) electrons. The number of rotatable bonds is 8. The Labute approximate surface area is 138 Å². The summed E-state index contributed by atoms with van der Waals surface area (Å²) in [5, 5.41) is 3.43. The van der Waals surface area contributed by atoms with Gasteiger partial charge in [0.1, 0.15) is 0 Å². The first-order valence-electron chi connectivity index (χ1n) is 7.56. The first-order chi connectivity index (χ1) is 10.8. The third-order valence-electron chi connectivity index (χ3n) is 3.72. The molecular formula is C16H22F3NO2S. The summed E-state index contributed by atoms with van der Waals surface area (Å²) < 4.78 is 48.6. The van der Waals surface area contributed by atoms with E-state index in [9.17, 15) is 13.2 Å². The average molecular weight is 349 g/mol. The van der Waals surface area contributed by atoms with Crippen molar-refractivity contribution < 1.29 is 22.6 Å². The molecule has 0 aromatic heterocycles. The normalized spacial score (nSPS) is 16.3. The lowest BCUT2D eigenvalue weighted by molar-refractivity contribution is -0.0328. The Bertz CT molecular complexity index is 533. The number of ether oxygens (including phenoxy) is 2. The molecule has 7 heteroatoms. The van der Waals surface area contributed by atoms with Gasteiger partial charge in [-0.05, 0) is 68.1 Å². The molecule has 1 N–H and O–H groups in total. The molecule has 1 aromatic rings. The molecule has 1 aliphatic rings. The van der Waals surface area contributed by atoms with Crippen molar-refractivity contribution in [3.8, 4) is 11.5 Å². The zero-order valence-corrected chi connectivity index (χ0v) is 14.3. The van der Waals surface area contributed by atoms with Gasteiger partial charge in [0, 0.05) is 6.04 Å². The van der Waals surface area contributed by atoms with Crippen molar-refractivity contribution >= 4 is 11.8 Å². The van der Waals surface area contributed by atoms with Crippen LogP contribution in [0.15, 0.2) is 17.0 Å². The zero-order chi connectivity index (χ0) is 17.0. The van der Waals surface area contributed by atoms with Crippen molar-refractivity contribution in [3.05, 3.63) is 17.7 Å². The van der Waals surface area contributed by atoms with Crippen molar-refractivity contribution in [2.75, 3.05) is 20.8 Å². The van der Waals surface area contributed by atoms with Crippen LogP contribution in [0.3, 0.4) is 0 Å². The molecule has 2 rings (SSSR count). The molecule has 23 heavy (non-hydrogen) atoms. The Kier molecular flexibility index (Phi) is 6.08. The van der Waals surface area contributed by atoms with E-state index in [4.69, 9.17) is 9.47 Å². The fourth-order valence-electron chi connectivity index (χ4n) is 2.42. The minimum Gasteiger partial charge on any atom is -0.493 e. The Morgan fingerprint density at radius 3 is 2.48 bits per heavy atom.